The van der Waals surface area contributed by atoms with Crippen molar-refractivity contribution in [2.45, 2.75) is 49.9 Å². The summed E-state index contributed by atoms with van der Waals surface area (Å²) in [7, 11) is 0. The molecule has 0 aliphatic heterocycles. The fourth-order valence-corrected chi connectivity index (χ4v) is 4.54. The lowest BCUT2D eigenvalue weighted by molar-refractivity contribution is -0.137. The number of hydrogen-bond acceptors (Lipinski definition) is 5. The van der Waals surface area contributed by atoms with Gasteiger partial charge < -0.3 is 21.9 Å². The quantitative estimate of drug-likeness (QED) is 0.426. The number of halogens is 4. The van der Waals surface area contributed by atoms with Crippen LogP contribution < -0.4 is 16.8 Å². The van der Waals surface area contributed by atoms with Gasteiger partial charge in [0.25, 0.3) is 5.91 Å². The number of allylic oxidation sites excluding steroid dienone is 2. The summed E-state index contributed by atoms with van der Waals surface area (Å²) in [4.78, 5) is 16.8. The van der Waals surface area contributed by atoms with Gasteiger partial charge in [0.1, 0.15) is 5.69 Å². The molecule has 6 N–H and O–H groups in total. The summed E-state index contributed by atoms with van der Waals surface area (Å²) in [6.07, 6.45) is 3.44. The maximum Gasteiger partial charge on any atom is 0.417 e. The third-order valence-corrected chi connectivity index (χ3v) is 6.29. The molecule has 1 aromatic carbocycles. The van der Waals surface area contributed by atoms with Crippen molar-refractivity contribution >= 4 is 17.5 Å². The van der Waals surface area contributed by atoms with Gasteiger partial charge in [-0.05, 0) is 60.5 Å². The van der Waals surface area contributed by atoms with Gasteiger partial charge in [-0.3, -0.25) is 4.79 Å². The van der Waals surface area contributed by atoms with Gasteiger partial charge in [0.2, 0.25) is 0 Å². The Kier molecular flexibility index (Phi) is 7.89. The van der Waals surface area contributed by atoms with Crippen molar-refractivity contribution in [2.75, 3.05) is 0 Å². The third-order valence-electron chi connectivity index (χ3n) is 5.91. The first-order valence-corrected chi connectivity index (χ1v) is 11.1. The molecule has 0 spiro atoms. The number of nitrogens with zero attached hydrogens (tertiary/aromatic N) is 1. The lowest BCUT2D eigenvalue weighted by Gasteiger charge is -2.34. The summed E-state index contributed by atoms with van der Waals surface area (Å²) in [5.41, 5.74) is 10.3. The minimum absolute atomic E-state index is 0.426. The topological polar surface area (TPSA) is 114 Å². The number of aromatic nitrogens is 1. The molecular formula is C24H26ClF3N4O2. The molecule has 2 aromatic rings. The normalized spacial score (nSPS) is 17.1. The minimum atomic E-state index is -4.74. The average molecular weight is 495 g/mol. The minimum Gasteiger partial charge on any atom is -0.405 e. The SMILES string of the molecule is N/C=C\C(=C/N)Cc1cccc(C(NC(=O)c2nccc(C(F)(F)F)c2Cl)C2(O)CCCC2)c1. The van der Waals surface area contributed by atoms with E-state index in [4.69, 9.17) is 23.1 Å². The Bertz CT molecular complexity index is 1100. The Morgan fingerprint density at radius 2 is 1.97 bits per heavy atom. The van der Waals surface area contributed by atoms with E-state index in [1.807, 2.05) is 12.1 Å². The van der Waals surface area contributed by atoms with Gasteiger partial charge in [0, 0.05) is 6.20 Å². The lowest BCUT2D eigenvalue weighted by atomic mass is 9.85. The largest absolute Gasteiger partial charge is 0.417 e. The molecular weight excluding hydrogens is 469 g/mol. The molecule has 1 aliphatic carbocycles. The van der Waals surface area contributed by atoms with Crippen molar-refractivity contribution in [3.8, 4) is 0 Å². The molecule has 1 fully saturated rings. The first-order chi connectivity index (χ1) is 16.1. The second-order valence-electron chi connectivity index (χ2n) is 8.26. The van der Waals surface area contributed by atoms with Crippen LogP contribution in [0.1, 0.15) is 58.9 Å². The number of pyridine rings is 1. The molecule has 1 amide bonds. The highest BCUT2D eigenvalue weighted by Crippen LogP contribution is 2.41. The van der Waals surface area contributed by atoms with Gasteiger partial charge in [-0.15, -0.1) is 0 Å². The maximum absolute atomic E-state index is 13.2. The maximum atomic E-state index is 13.2. The summed E-state index contributed by atoms with van der Waals surface area (Å²) >= 11 is 5.90. The lowest BCUT2D eigenvalue weighted by Crippen LogP contribution is -2.44. The molecule has 1 atom stereocenters. The average Bonchev–Trinajstić information content (AvgIpc) is 3.23. The van der Waals surface area contributed by atoms with Crippen LogP contribution in [0.25, 0.3) is 0 Å². The van der Waals surface area contributed by atoms with Crippen molar-refractivity contribution in [1.82, 2.24) is 10.3 Å². The first kappa shape index (κ1) is 25.6. The Balaban J connectivity index is 1.97. The number of hydrogen-bond donors (Lipinski definition) is 4. The van der Waals surface area contributed by atoms with Crippen molar-refractivity contribution < 1.29 is 23.1 Å². The molecule has 6 nitrogen and oxygen atoms in total. The molecule has 34 heavy (non-hydrogen) atoms. The van der Waals surface area contributed by atoms with E-state index < -0.39 is 40.0 Å². The van der Waals surface area contributed by atoms with Gasteiger partial charge >= 0.3 is 6.18 Å². The van der Waals surface area contributed by atoms with E-state index in [-0.39, 0.29) is 0 Å². The summed E-state index contributed by atoms with van der Waals surface area (Å²) in [6, 6.07) is 7.03. The van der Waals surface area contributed by atoms with E-state index in [2.05, 4.69) is 10.3 Å². The van der Waals surface area contributed by atoms with Gasteiger partial charge in [-0.25, -0.2) is 4.98 Å². The highest BCUT2D eigenvalue weighted by molar-refractivity contribution is 6.34. The molecule has 0 bridgehead atoms. The van der Waals surface area contributed by atoms with Crippen molar-refractivity contribution in [3.05, 3.63) is 88.0 Å². The molecule has 1 aromatic heterocycles. The molecule has 0 saturated heterocycles. The number of nitrogens with two attached hydrogens (primary N) is 2. The van der Waals surface area contributed by atoms with Crippen LogP contribution in [-0.2, 0) is 12.6 Å². The number of carbonyl (C=O) groups excluding carboxylic acids is 1. The predicted octanol–water partition coefficient (Wildman–Crippen LogP) is 4.39. The van der Waals surface area contributed by atoms with Crippen LogP contribution >= 0.6 is 11.6 Å². The molecule has 1 heterocycles. The molecule has 1 aliphatic rings. The van der Waals surface area contributed by atoms with Crippen molar-refractivity contribution in [3.63, 3.8) is 0 Å². The fraction of sp³-hybridized carbons (Fsp3) is 0.333. The molecule has 0 radical (unpaired) electrons. The summed E-state index contributed by atoms with van der Waals surface area (Å²) < 4.78 is 39.7. The zero-order valence-corrected chi connectivity index (χ0v) is 19.0. The van der Waals surface area contributed by atoms with Crippen LogP contribution in [0.2, 0.25) is 5.02 Å². The van der Waals surface area contributed by atoms with Crippen LogP contribution in [0.5, 0.6) is 0 Å². The van der Waals surface area contributed by atoms with E-state index in [1.54, 1.807) is 18.2 Å². The van der Waals surface area contributed by atoms with E-state index in [0.717, 1.165) is 30.2 Å². The van der Waals surface area contributed by atoms with Gasteiger partial charge in [-0.1, -0.05) is 48.7 Å². The number of amides is 1. The summed E-state index contributed by atoms with van der Waals surface area (Å²) in [5.74, 6) is -0.902. The molecule has 1 unspecified atom stereocenters. The van der Waals surface area contributed by atoms with E-state index in [0.29, 0.717) is 30.9 Å². The van der Waals surface area contributed by atoms with E-state index in [1.165, 1.54) is 12.4 Å². The zero-order valence-electron chi connectivity index (χ0n) is 18.3. The highest BCUT2D eigenvalue weighted by Gasteiger charge is 2.42. The second kappa shape index (κ2) is 10.5. The number of aliphatic hydroxyl groups is 1. The second-order valence-corrected chi connectivity index (χ2v) is 8.64. The summed E-state index contributed by atoms with van der Waals surface area (Å²) in [6.45, 7) is 0. The van der Waals surface area contributed by atoms with E-state index in [9.17, 15) is 23.1 Å². The van der Waals surface area contributed by atoms with Crippen LogP contribution in [-0.4, -0.2) is 21.6 Å². The van der Waals surface area contributed by atoms with E-state index >= 15 is 0 Å². The van der Waals surface area contributed by atoms with Gasteiger partial charge in [-0.2, -0.15) is 13.2 Å². The molecule has 1 saturated carbocycles. The number of carbonyl (C=O) groups is 1. The van der Waals surface area contributed by atoms with Crippen LogP contribution in [0, 0.1) is 0 Å². The fourth-order valence-electron chi connectivity index (χ4n) is 4.24. The van der Waals surface area contributed by atoms with Crippen LogP contribution in [0.4, 0.5) is 13.2 Å². The highest BCUT2D eigenvalue weighted by atomic mass is 35.5. The van der Waals surface area contributed by atoms with Gasteiger partial charge in [0.15, 0.2) is 0 Å². The standard InChI is InChI=1S/C24H26ClF3N4O2/c25-19-18(24(26,27)28)7-11-31-20(19)22(33)32-21(23(34)8-1-2-9-23)17-5-3-4-15(13-17)12-16(14-30)6-10-29/h3-7,10-11,13-14,21,34H,1-2,8-9,12,29-30H2,(H,32,33)/b10-6-,16-14+. The Morgan fingerprint density at radius 1 is 1.26 bits per heavy atom. The molecule has 182 valence electrons. The Labute approximate surface area is 200 Å². The van der Waals surface area contributed by atoms with Gasteiger partial charge in [0.05, 0.1) is 22.2 Å². The monoisotopic (exact) mass is 494 g/mol. The van der Waals surface area contributed by atoms with Crippen LogP contribution in [0.15, 0.2) is 60.6 Å². The number of rotatable bonds is 7. The molecule has 3 rings (SSSR count). The van der Waals surface area contributed by atoms with Crippen LogP contribution in [0.3, 0.4) is 0 Å². The third kappa shape index (κ3) is 5.71. The number of benzene rings is 1. The smallest absolute Gasteiger partial charge is 0.405 e. The zero-order chi connectivity index (χ0) is 24.9. The Morgan fingerprint density at radius 3 is 2.59 bits per heavy atom. The first-order valence-electron chi connectivity index (χ1n) is 10.7. The number of nitrogens with one attached hydrogen (secondary N) is 1. The van der Waals surface area contributed by atoms with Crippen molar-refractivity contribution in [2.24, 2.45) is 11.5 Å². The molecule has 10 heteroatoms. The predicted molar refractivity (Wildman–Crippen MR) is 124 cm³/mol. The van der Waals surface area contributed by atoms with Crippen molar-refractivity contribution in [1.29, 1.82) is 0 Å². The Hall–Kier alpha value is -3.04. The number of alkyl halides is 3. The summed E-state index contributed by atoms with van der Waals surface area (Å²) in [5, 5.41) is 13.3.